The fourth-order valence-electron chi connectivity index (χ4n) is 3.28. The summed E-state index contributed by atoms with van der Waals surface area (Å²) in [5, 5.41) is 8.07. The van der Waals surface area contributed by atoms with Crippen LogP contribution in [0.3, 0.4) is 0 Å². The van der Waals surface area contributed by atoms with Crippen LogP contribution in [0.25, 0.3) is 22.3 Å². The molecule has 5 rings (SSSR count). The number of nitrogens with one attached hydrogen (secondary N) is 1. The van der Waals surface area contributed by atoms with Crippen molar-refractivity contribution in [3.63, 3.8) is 0 Å². The molecule has 5 aromatic rings. The molecule has 1 aromatic carbocycles. The van der Waals surface area contributed by atoms with Gasteiger partial charge in [0.25, 0.3) is 5.91 Å². The number of fused-ring (bicyclic) bond motifs is 1. The lowest BCUT2D eigenvalue weighted by atomic mass is 10.1. The summed E-state index contributed by atoms with van der Waals surface area (Å²) < 4.78 is 7.18. The smallest absolute Gasteiger partial charge is 0.256 e. The molecule has 0 aliphatic heterocycles. The van der Waals surface area contributed by atoms with E-state index in [2.05, 4.69) is 15.4 Å². The lowest BCUT2D eigenvalue weighted by Crippen LogP contribution is -2.13. The molecule has 0 spiro atoms. The first-order valence-corrected chi connectivity index (χ1v) is 9.44. The topological polar surface area (TPSA) is 85.8 Å². The Kier molecular flexibility index (Phi) is 4.53. The molecule has 1 N–H and O–H groups in total. The zero-order valence-corrected chi connectivity index (χ0v) is 15.9. The molecular weight excluding hydrogens is 378 g/mol. The Hall–Kier alpha value is -4.26. The van der Waals surface area contributed by atoms with E-state index >= 15 is 0 Å². The van der Waals surface area contributed by atoms with Crippen molar-refractivity contribution in [1.82, 2.24) is 19.7 Å². The molecule has 0 radical (unpaired) electrons. The average molecular weight is 395 g/mol. The van der Waals surface area contributed by atoms with Gasteiger partial charge in [-0.3, -0.25) is 9.78 Å². The van der Waals surface area contributed by atoms with Gasteiger partial charge in [0.05, 0.1) is 29.1 Å². The highest BCUT2D eigenvalue weighted by Gasteiger charge is 2.18. The Morgan fingerprint density at radius 2 is 1.93 bits per heavy atom. The molecule has 0 aliphatic carbocycles. The highest BCUT2D eigenvalue weighted by molar-refractivity contribution is 6.12. The predicted octanol–water partition coefficient (Wildman–Crippen LogP) is 4.39. The summed E-state index contributed by atoms with van der Waals surface area (Å²) in [6, 6.07) is 18.6. The van der Waals surface area contributed by atoms with Crippen LogP contribution in [0.15, 0.2) is 89.9 Å². The highest BCUT2D eigenvalue weighted by atomic mass is 16.3. The fourth-order valence-corrected chi connectivity index (χ4v) is 3.28. The normalized spacial score (nSPS) is 10.9. The maximum Gasteiger partial charge on any atom is 0.256 e. The number of carbonyl (C=O) groups is 1. The third-order valence-corrected chi connectivity index (χ3v) is 4.73. The van der Waals surface area contributed by atoms with Crippen molar-refractivity contribution < 1.29 is 9.21 Å². The second-order valence-electron chi connectivity index (χ2n) is 6.74. The van der Waals surface area contributed by atoms with Gasteiger partial charge < -0.3 is 9.73 Å². The van der Waals surface area contributed by atoms with Crippen LogP contribution in [-0.2, 0) is 6.54 Å². The van der Waals surface area contributed by atoms with E-state index in [9.17, 15) is 4.79 Å². The van der Waals surface area contributed by atoms with Crippen LogP contribution in [0.1, 0.15) is 16.1 Å². The van der Waals surface area contributed by atoms with Crippen molar-refractivity contribution in [2.24, 2.45) is 0 Å². The number of anilines is 1. The van der Waals surface area contributed by atoms with Gasteiger partial charge in [-0.2, -0.15) is 5.10 Å². The molecule has 0 saturated heterocycles. The Bertz CT molecular complexity index is 1300. The maximum atomic E-state index is 13.1. The number of pyridine rings is 2. The van der Waals surface area contributed by atoms with E-state index in [0.29, 0.717) is 28.8 Å². The molecule has 1 amide bonds. The first-order valence-electron chi connectivity index (χ1n) is 9.44. The Morgan fingerprint density at radius 3 is 2.70 bits per heavy atom. The number of hydrogen-bond acceptors (Lipinski definition) is 5. The summed E-state index contributed by atoms with van der Waals surface area (Å²) >= 11 is 0. The van der Waals surface area contributed by atoms with Gasteiger partial charge >= 0.3 is 0 Å². The third kappa shape index (κ3) is 3.44. The van der Waals surface area contributed by atoms with E-state index in [1.54, 1.807) is 35.6 Å². The van der Waals surface area contributed by atoms with Crippen molar-refractivity contribution in [3.8, 4) is 11.3 Å². The van der Waals surface area contributed by atoms with Gasteiger partial charge in [0.1, 0.15) is 12.3 Å². The predicted molar refractivity (Wildman–Crippen MR) is 113 cm³/mol. The Balaban J connectivity index is 1.62. The number of furan rings is 1. The summed E-state index contributed by atoms with van der Waals surface area (Å²) in [6.45, 7) is 0.416. The zero-order chi connectivity index (χ0) is 20.3. The number of benzene rings is 1. The van der Waals surface area contributed by atoms with Crippen LogP contribution in [0.2, 0.25) is 0 Å². The van der Waals surface area contributed by atoms with Crippen molar-refractivity contribution in [3.05, 3.63) is 96.8 Å². The van der Waals surface area contributed by atoms with Gasteiger partial charge in [0.2, 0.25) is 0 Å². The van der Waals surface area contributed by atoms with Gasteiger partial charge in [0.15, 0.2) is 5.65 Å². The summed E-state index contributed by atoms with van der Waals surface area (Å²) in [7, 11) is 0. The summed E-state index contributed by atoms with van der Waals surface area (Å²) in [5.41, 5.74) is 3.28. The zero-order valence-electron chi connectivity index (χ0n) is 15.9. The van der Waals surface area contributed by atoms with Crippen LogP contribution in [0, 0.1) is 0 Å². The Morgan fingerprint density at radius 1 is 1.03 bits per heavy atom. The SMILES string of the molecule is O=C(Nc1ccccc1)c1cc(-c2cccnc2)nc2c1cnn2Cc1ccco1. The highest BCUT2D eigenvalue weighted by Crippen LogP contribution is 2.26. The summed E-state index contributed by atoms with van der Waals surface area (Å²) in [4.78, 5) is 22.1. The summed E-state index contributed by atoms with van der Waals surface area (Å²) in [6.07, 6.45) is 6.71. The van der Waals surface area contributed by atoms with Crippen LogP contribution >= 0.6 is 0 Å². The first-order chi connectivity index (χ1) is 14.8. The van der Waals surface area contributed by atoms with Crippen molar-refractivity contribution >= 4 is 22.6 Å². The molecule has 0 atom stereocenters. The molecule has 0 saturated carbocycles. The lowest BCUT2D eigenvalue weighted by Gasteiger charge is -2.09. The maximum absolute atomic E-state index is 13.1. The van der Waals surface area contributed by atoms with E-state index in [4.69, 9.17) is 9.40 Å². The van der Waals surface area contributed by atoms with Crippen LogP contribution < -0.4 is 5.32 Å². The molecule has 0 bridgehead atoms. The molecule has 0 unspecified atom stereocenters. The monoisotopic (exact) mass is 395 g/mol. The molecular formula is C23H17N5O2. The largest absolute Gasteiger partial charge is 0.467 e. The van der Waals surface area contributed by atoms with Gasteiger partial charge in [0, 0.05) is 23.6 Å². The number of nitrogens with zero attached hydrogens (tertiary/aromatic N) is 4. The number of para-hydroxylation sites is 1. The number of amides is 1. The molecule has 7 nitrogen and oxygen atoms in total. The number of carbonyl (C=O) groups excluding carboxylic acids is 1. The van der Waals surface area contributed by atoms with E-state index in [-0.39, 0.29) is 5.91 Å². The molecule has 7 heteroatoms. The van der Waals surface area contributed by atoms with Gasteiger partial charge in [-0.1, -0.05) is 18.2 Å². The fraction of sp³-hybridized carbons (Fsp3) is 0.0435. The minimum atomic E-state index is -0.226. The van der Waals surface area contributed by atoms with Gasteiger partial charge in [-0.25, -0.2) is 9.67 Å². The summed E-state index contributed by atoms with van der Waals surface area (Å²) in [5.74, 6) is 0.528. The number of rotatable bonds is 5. The standard InChI is InChI=1S/C23H17N5O2/c29-23(26-17-7-2-1-3-8-17)19-12-21(16-6-4-10-24-13-16)27-22-20(19)14-25-28(22)15-18-9-5-11-30-18/h1-14H,15H2,(H,26,29). The molecule has 146 valence electrons. The average Bonchev–Trinajstić information content (AvgIpc) is 3.45. The van der Waals surface area contributed by atoms with Crippen LogP contribution in [0.4, 0.5) is 5.69 Å². The molecule has 0 fully saturated rings. The minimum Gasteiger partial charge on any atom is -0.467 e. The second-order valence-corrected chi connectivity index (χ2v) is 6.74. The van der Waals surface area contributed by atoms with E-state index in [1.165, 1.54) is 0 Å². The molecule has 30 heavy (non-hydrogen) atoms. The second kappa shape index (κ2) is 7.63. The van der Waals surface area contributed by atoms with Crippen molar-refractivity contribution in [2.45, 2.75) is 6.54 Å². The minimum absolute atomic E-state index is 0.226. The Labute approximate surface area is 172 Å². The number of hydrogen-bond donors (Lipinski definition) is 1. The molecule has 4 heterocycles. The van der Waals surface area contributed by atoms with Crippen LogP contribution in [0.5, 0.6) is 0 Å². The van der Waals surface area contributed by atoms with Crippen molar-refractivity contribution in [1.29, 1.82) is 0 Å². The molecule has 4 aromatic heterocycles. The third-order valence-electron chi connectivity index (χ3n) is 4.73. The number of aromatic nitrogens is 4. The molecule has 0 aliphatic rings. The van der Waals surface area contributed by atoms with E-state index < -0.39 is 0 Å². The van der Waals surface area contributed by atoms with Gasteiger partial charge in [-0.15, -0.1) is 0 Å². The van der Waals surface area contributed by atoms with Gasteiger partial charge in [-0.05, 0) is 42.5 Å². The van der Waals surface area contributed by atoms with Crippen molar-refractivity contribution in [2.75, 3.05) is 5.32 Å². The quantitative estimate of drug-likeness (QED) is 0.477. The van der Waals surface area contributed by atoms with Crippen LogP contribution in [-0.4, -0.2) is 25.7 Å². The van der Waals surface area contributed by atoms with E-state index in [0.717, 1.165) is 17.0 Å². The first kappa shape index (κ1) is 17.8. The van der Waals surface area contributed by atoms with E-state index in [1.807, 2.05) is 54.6 Å². The lowest BCUT2D eigenvalue weighted by molar-refractivity contribution is 0.102.